The Balaban J connectivity index is 1.53. The van der Waals surface area contributed by atoms with Crippen molar-refractivity contribution >= 4 is 38.8 Å². The summed E-state index contributed by atoms with van der Waals surface area (Å²) in [5, 5.41) is 5.60. The van der Waals surface area contributed by atoms with Gasteiger partial charge < -0.3 is 0 Å². The summed E-state index contributed by atoms with van der Waals surface area (Å²) >= 11 is 0. The Kier molecular flexibility index (Phi) is 4.87. The van der Waals surface area contributed by atoms with Crippen LogP contribution in [0.25, 0.3) is 38.8 Å². The monoisotopic (exact) mass is 450 g/mol. The summed E-state index contributed by atoms with van der Waals surface area (Å²) in [7, 11) is 0. The van der Waals surface area contributed by atoms with Crippen LogP contribution in [0.5, 0.6) is 0 Å². The van der Waals surface area contributed by atoms with Gasteiger partial charge in [0.25, 0.3) is 0 Å². The largest absolute Gasteiger partial charge is 0.0842 e. The van der Waals surface area contributed by atoms with Crippen molar-refractivity contribution in [2.75, 3.05) is 0 Å². The number of hydrogen-bond acceptors (Lipinski definition) is 0. The van der Waals surface area contributed by atoms with Gasteiger partial charge in [0.1, 0.15) is 0 Å². The SMILES string of the molecule is Cc1ccc2c(C3=Cc4ccccc4CC3)c3ccccc3c(C3=CC=C4C=CCCC4C3)c2c1. The van der Waals surface area contributed by atoms with Crippen molar-refractivity contribution in [2.45, 2.75) is 39.0 Å². The maximum Gasteiger partial charge on any atom is -0.00665 e. The molecule has 0 heterocycles. The third-order valence-electron chi connectivity index (χ3n) is 8.28. The maximum absolute atomic E-state index is 2.45. The molecule has 1 unspecified atom stereocenters. The number of hydrogen-bond donors (Lipinski definition) is 0. The molecule has 0 fully saturated rings. The fourth-order valence-corrected chi connectivity index (χ4v) is 6.56. The van der Waals surface area contributed by atoms with Crippen LogP contribution in [0, 0.1) is 12.8 Å². The normalized spacial score (nSPS) is 19.1. The van der Waals surface area contributed by atoms with Crippen LogP contribution in [-0.4, -0.2) is 0 Å². The zero-order valence-corrected chi connectivity index (χ0v) is 20.4. The van der Waals surface area contributed by atoms with E-state index in [1.165, 1.54) is 78.9 Å². The summed E-state index contributed by atoms with van der Waals surface area (Å²) in [6, 6.07) is 25.1. The van der Waals surface area contributed by atoms with Gasteiger partial charge in [-0.05, 0) is 105 Å². The molecule has 0 N–H and O–H groups in total. The van der Waals surface area contributed by atoms with Crippen LogP contribution in [0.1, 0.15) is 53.5 Å². The smallest absolute Gasteiger partial charge is 0.00665 e. The fourth-order valence-electron chi connectivity index (χ4n) is 6.56. The molecule has 0 amide bonds. The molecule has 4 aromatic carbocycles. The number of aryl methyl sites for hydroxylation is 2. The Morgan fingerprint density at radius 3 is 2.37 bits per heavy atom. The molecule has 0 saturated heterocycles. The molecule has 3 aliphatic rings. The highest BCUT2D eigenvalue weighted by molar-refractivity contribution is 6.17. The van der Waals surface area contributed by atoms with Gasteiger partial charge in [-0.1, -0.05) is 103 Å². The molecule has 170 valence electrons. The van der Waals surface area contributed by atoms with Gasteiger partial charge in [-0.3, -0.25) is 0 Å². The second-order valence-electron chi connectivity index (χ2n) is 10.5. The molecule has 0 radical (unpaired) electrons. The van der Waals surface area contributed by atoms with E-state index in [1.807, 2.05) is 0 Å². The molecule has 0 saturated carbocycles. The Morgan fingerprint density at radius 2 is 1.49 bits per heavy atom. The quantitative estimate of drug-likeness (QED) is 0.267. The third kappa shape index (κ3) is 3.43. The summed E-state index contributed by atoms with van der Waals surface area (Å²) < 4.78 is 0. The van der Waals surface area contributed by atoms with Crippen LogP contribution in [0.3, 0.4) is 0 Å². The van der Waals surface area contributed by atoms with Crippen LogP contribution < -0.4 is 0 Å². The van der Waals surface area contributed by atoms with E-state index in [0.717, 1.165) is 19.3 Å². The van der Waals surface area contributed by atoms with E-state index in [4.69, 9.17) is 0 Å². The number of benzene rings is 4. The van der Waals surface area contributed by atoms with Crippen molar-refractivity contribution in [3.05, 3.63) is 124 Å². The number of rotatable bonds is 2. The third-order valence-corrected chi connectivity index (χ3v) is 8.28. The van der Waals surface area contributed by atoms with Gasteiger partial charge in [-0.15, -0.1) is 0 Å². The van der Waals surface area contributed by atoms with Gasteiger partial charge in [-0.2, -0.15) is 0 Å². The first-order valence-electron chi connectivity index (χ1n) is 13.1. The maximum atomic E-state index is 2.45. The van der Waals surface area contributed by atoms with E-state index in [0.29, 0.717) is 5.92 Å². The predicted octanol–water partition coefficient (Wildman–Crippen LogP) is 9.47. The Morgan fingerprint density at radius 1 is 0.714 bits per heavy atom. The fraction of sp³-hybridized carbons (Fsp3) is 0.200. The first-order chi connectivity index (χ1) is 17.3. The van der Waals surface area contributed by atoms with Gasteiger partial charge in [0.2, 0.25) is 0 Å². The Bertz CT molecular complexity index is 1620. The summed E-state index contributed by atoms with van der Waals surface area (Å²) in [6.07, 6.45) is 17.7. The second-order valence-corrected chi connectivity index (χ2v) is 10.5. The molecule has 3 aliphatic carbocycles. The average molecular weight is 451 g/mol. The lowest BCUT2D eigenvalue weighted by molar-refractivity contribution is 0.573. The van der Waals surface area contributed by atoms with Crippen molar-refractivity contribution in [2.24, 2.45) is 5.92 Å². The molecule has 7 rings (SSSR count). The summed E-state index contributed by atoms with van der Waals surface area (Å²) in [5.41, 5.74) is 11.5. The zero-order valence-electron chi connectivity index (χ0n) is 20.4. The van der Waals surface area contributed by atoms with Crippen molar-refractivity contribution in [3.63, 3.8) is 0 Å². The second kappa shape index (κ2) is 8.24. The zero-order chi connectivity index (χ0) is 23.4. The lowest BCUT2D eigenvalue weighted by Crippen LogP contribution is -2.11. The van der Waals surface area contributed by atoms with Crippen LogP contribution in [0.2, 0.25) is 0 Å². The van der Waals surface area contributed by atoms with Gasteiger partial charge in [-0.25, -0.2) is 0 Å². The highest BCUT2D eigenvalue weighted by Gasteiger charge is 2.25. The molecule has 0 heteroatoms. The predicted molar refractivity (Wildman–Crippen MR) is 151 cm³/mol. The number of allylic oxidation sites excluding steroid dienone is 7. The van der Waals surface area contributed by atoms with Crippen molar-refractivity contribution in [1.29, 1.82) is 0 Å². The molecule has 0 bridgehead atoms. The summed E-state index contributed by atoms with van der Waals surface area (Å²) in [5.74, 6) is 0.649. The molecule has 4 aromatic rings. The van der Waals surface area contributed by atoms with E-state index in [9.17, 15) is 0 Å². The topological polar surface area (TPSA) is 0 Å². The first kappa shape index (κ1) is 20.7. The Hall–Kier alpha value is -3.64. The minimum atomic E-state index is 0.649. The first-order valence-corrected chi connectivity index (χ1v) is 13.1. The minimum absolute atomic E-state index is 0.649. The molecule has 0 spiro atoms. The van der Waals surface area contributed by atoms with E-state index in [2.05, 4.69) is 104 Å². The van der Waals surface area contributed by atoms with Crippen LogP contribution in [-0.2, 0) is 6.42 Å². The van der Waals surface area contributed by atoms with Crippen molar-refractivity contribution in [1.82, 2.24) is 0 Å². The van der Waals surface area contributed by atoms with E-state index in [1.54, 1.807) is 0 Å². The van der Waals surface area contributed by atoms with Crippen LogP contribution in [0.4, 0.5) is 0 Å². The molecule has 0 aliphatic heterocycles. The molecule has 0 aromatic heterocycles. The van der Waals surface area contributed by atoms with Gasteiger partial charge >= 0.3 is 0 Å². The molecule has 0 nitrogen and oxygen atoms in total. The van der Waals surface area contributed by atoms with Crippen molar-refractivity contribution in [3.8, 4) is 0 Å². The molecule has 1 atom stereocenters. The standard InChI is InChI=1S/C35H30/c1-23-14-19-32-33(20-23)35(29-18-16-25-9-3-5-11-27(25)22-29)31-13-7-6-12-30(31)34(32)28-17-15-24-8-2-4-10-26(24)21-28/h2-4,6-10,12-14,16,18-21,27H,5,11,15,17,22H2,1H3. The molecule has 35 heavy (non-hydrogen) atoms. The average Bonchev–Trinajstić information content (AvgIpc) is 2.91. The van der Waals surface area contributed by atoms with Gasteiger partial charge in [0.05, 0.1) is 0 Å². The summed E-state index contributed by atoms with van der Waals surface area (Å²) in [6.45, 7) is 2.23. The van der Waals surface area contributed by atoms with E-state index in [-0.39, 0.29) is 0 Å². The van der Waals surface area contributed by atoms with E-state index >= 15 is 0 Å². The van der Waals surface area contributed by atoms with Gasteiger partial charge in [0.15, 0.2) is 0 Å². The number of fused-ring (bicyclic) bond motifs is 4. The lowest BCUT2D eigenvalue weighted by atomic mass is 9.76. The van der Waals surface area contributed by atoms with Gasteiger partial charge in [0, 0.05) is 0 Å². The highest BCUT2D eigenvalue weighted by Crippen LogP contribution is 2.46. The highest BCUT2D eigenvalue weighted by atomic mass is 14.3. The van der Waals surface area contributed by atoms with Crippen molar-refractivity contribution < 1.29 is 0 Å². The lowest BCUT2D eigenvalue weighted by Gasteiger charge is -2.28. The summed E-state index contributed by atoms with van der Waals surface area (Å²) in [4.78, 5) is 0. The molecular formula is C35H30. The minimum Gasteiger partial charge on any atom is -0.0842 e. The van der Waals surface area contributed by atoms with Crippen LogP contribution in [0.15, 0.2) is 96.6 Å². The van der Waals surface area contributed by atoms with Crippen LogP contribution >= 0.6 is 0 Å². The van der Waals surface area contributed by atoms with E-state index < -0.39 is 0 Å². The molecular weight excluding hydrogens is 420 g/mol. The Labute approximate surface area is 208 Å².